The molecule has 1 aliphatic carbocycles. The van der Waals surface area contributed by atoms with Gasteiger partial charge in [-0.05, 0) is 38.5 Å². The number of rotatable bonds is 4. The van der Waals surface area contributed by atoms with Crippen molar-refractivity contribution in [1.29, 1.82) is 0 Å². The van der Waals surface area contributed by atoms with Crippen LogP contribution in [0, 0.1) is 11.3 Å². The van der Waals surface area contributed by atoms with Crippen LogP contribution in [0.1, 0.15) is 39.5 Å². The number of carbonyl (C=O) groups excluding carboxylic acids is 1. The monoisotopic (exact) mass is 242 g/mol. The average Bonchev–Trinajstić information content (AvgIpc) is 2.37. The summed E-state index contributed by atoms with van der Waals surface area (Å²) in [4.78, 5) is 14.1. The van der Waals surface area contributed by atoms with Crippen molar-refractivity contribution in [2.24, 2.45) is 17.1 Å². The van der Waals surface area contributed by atoms with Crippen LogP contribution in [0.25, 0.3) is 0 Å². The normalized spacial score (nSPS) is 31.0. The number of hydrogen-bond acceptors (Lipinski definition) is 3. The Hall–Kier alpha value is -0.610. The van der Waals surface area contributed by atoms with Crippen LogP contribution >= 0.6 is 0 Å². The number of aliphatic hydroxyl groups is 1. The maximum absolute atomic E-state index is 12.5. The van der Waals surface area contributed by atoms with E-state index in [0.29, 0.717) is 12.5 Å². The van der Waals surface area contributed by atoms with Gasteiger partial charge in [0.1, 0.15) is 0 Å². The van der Waals surface area contributed by atoms with E-state index in [0.717, 1.165) is 25.7 Å². The lowest BCUT2D eigenvalue weighted by atomic mass is 9.70. The molecule has 1 unspecified atom stereocenters. The van der Waals surface area contributed by atoms with Gasteiger partial charge in [-0.3, -0.25) is 4.79 Å². The first-order valence-electron chi connectivity index (χ1n) is 6.55. The summed E-state index contributed by atoms with van der Waals surface area (Å²) in [6.07, 6.45) is 3.91. The Kier molecular flexibility index (Phi) is 4.95. The summed E-state index contributed by atoms with van der Waals surface area (Å²) in [7, 11) is 1.76. The largest absolute Gasteiger partial charge is 0.394 e. The third-order valence-electron chi connectivity index (χ3n) is 4.32. The van der Waals surface area contributed by atoms with Crippen molar-refractivity contribution in [3.05, 3.63) is 0 Å². The molecule has 1 atom stereocenters. The summed E-state index contributed by atoms with van der Waals surface area (Å²) >= 11 is 0. The van der Waals surface area contributed by atoms with Gasteiger partial charge in [0.2, 0.25) is 5.91 Å². The lowest BCUT2D eigenvalue weighted by molar-refractivity contribution is -0.145. The first-order chi connectivity index (χ1) is 7.96. The van der Waals surface area contributed by atoms with E-state index in [1.807, 2.05) is 6.92 Å². The fraction of sp³-hybridized carbons (Fsp3) is 0.923. The Morgan fingerprint density at radius 1 is 1.53 bits per heavy atom. The fourth-order valence-corrected chi connectivity index (χ4v) is 2.52. The van der Waals surface area contributed by atoms with Crippen molar-refractivity contribution < 1.29 is 9.90 Å². The highest BCUT2D eigenvalue weighted by molar-refractivity contribution is 5.83. The number of aliphatic hydroxyl groups excluding tert-OH is 1. The zero-order valence-electron chi connectivity index (χ0n) is 11.3. The van der Waals surface area contributed by atoms with Crippen LogP contribution in [-0.2, 0) is 4.79 Å². The molecule has 0 bridgehead atoms. The molecule has 17 heavy (non-hydrogen) atoms. The molecule has 1 aliphatic rings. The molecular formula is C13H26N2O2. The van der Waals surface area contributed by atoms with Crippen molar-refractivity contribution in [3.8, 4) is 0 Å². The van der Waals surface area contributed by atoms with Gasteiger partial charge in [0.05, 0.1) is 18.1 Å². The molecule has 0 aliphatic heterocycles. The zero-order chi connectivity index (χ0) is 13.1. The predicted octanol–water partition coefficient (Wildman–Crippen LogP) is 0.981. The quantitative estimate of drug-likeness (QED) is 0.772. The van der Waals surface area contributed by atoms with Gasteiger partial charge in [-0.25, -0.2) is 0 Å². The zero-order valence-corrected chi connectivity index (χ0v) is 11.3. The standard InChI is InChI=1S/C13H26N2O2/c1-10-4-6-13(9-14,7-5-10)12(17)15(3)11(2)8-16/h10-11,16H,4-9,14H2,1-3H3. The first-order valence-corrected chi connectivity index (χ1v) is 6.55. The third kappa shape index (κ3) is 2.99. The molecule has 0 spiro atoms. The number of carbonyl (C=O) groups is 1. The molecule has 0 saturated heterocycles. The van der Waals surface area contributed by atoms with Crippen LogP contribution in [-0.4, -0.2) is 42.2 Å². The minimum atomic E-state index is -0.384. The van der Waals surface area contributed by atoms with Crippen molar-refractivity contribution in [3.63, 3.8) is 0 Å². The highest BCUT2D eigenvalue weighted by Gasteiger charge is 2.42. The van der Waals surface area contributed by atoms with Gasteiger partial charge in [0.25, 0.3) is 0 Å². The maximum Gasteiger partial charge on any atom is 0.230 e. The van der Waals surface area contributed by atoms with E-state index in [9.17, 15) is 4.79 Å². The topological polar surface area (TPSA) is 66.6 Å². The van der Waals surface area contributed by atoms with E-state index in [4.69, 9.17) is 10.8 Å². The molecule has 0 aromatic heterocycles. The predicted molar refractivity (Wildman–Crippen MR) is 68.4 cm³/mol. The fourth-order valence-electron chi connectivity index (χ4n) is 2.52. The van der Waals surface area contributed by atoms with Crippen LogP contribution in [0.15, 0.2) is 0 Å². The smallest absolute Gasteiger partial charge is 0.230 e. The molecule has 1 fully saturated rings. The minimum absolute atomic E-state index is 0.000700. The van der Waals surface area contributed by atoms with E-state index in [1.54, 1.807) is 11.9 Å². The number of nitrogens with zero attached hydrogens (tertiary/aromatic N) is 1. The molecule has 1 rings (SSSR count). The van der Waals surface area contributed by atoms with Crippen molar-refractivity contribution in [2.45, 2.75) is 45.6 Å². The lowest BCUT2D eigenvalue weighted by Gasteiger charge is -2.41. The number of likely N-dealkylation sites (N-methyl/N-ethyl adjacent to an activating group) is 1. The summed E-state index contributed by atoms with van der Waals surface area (Å²) in [6, 6.07) is -0.134. The average molecular weight is 242 g/mol. The Balaban J connectivity index is 2.76. The Labute approximate surface area is 104 Å². The highest BCUT2D eigenvalue weighted by Crippen LogP contribution is 2.39. The van der Waals surface area contributed by atoms with E-state index in [1.165, 1.54) is 0 Å². The SMILES string of the molecule is CC1CCC(CN)(C(=O)N(C)C(C)CO)CC1. The van der Waals surface area contributed by atoms with Gasteiger partial charge >= 0.3 is 0 Å². The Morgan fingerprint density at radius 2 is 2.06 bits per heavy atom. The second kappa shape index (κ2) is 5.83. The summed E-state index contributed by atoms with van der Waals surface area (Å²) < 4.78 is 0. The Morgan fingerprint density at radius 3 is 2.47 bits per heavy atom. The highest BCUT2D eigenvalue weighted by atomic mass is 16.3. The van der Waals surface area contributed by atoms with Gasteiger partial charge in [-0.15, -0.1) is 0 Å². The van der Waals surface area contributed by atoms with Crippen LogP contribution in [0.5, 0.6) is 0 Å². The van der Waals surface area contributed by atoms with Crippen molar-refractivity contribution >= 4 is 5.91 Å². The molecule has 4 heteroatoms. The van der Waals surface area contributed by atoms with E-state index in [-0.39, 0.29) is 24.0 Å². The molecule has 100 valence electrons. The maximum atomic E-state index is 12.5. The lowest BCUT2D eigenvalue weighted by Crippen LogP contribution is -2.51. The summed E-state index contributed by atoms with van der Waals surface area (Å²) in [6.45, 7) is 4.50. The van der Waals surface area contributed by atoms with E-state index >= 15 is 0 Å². The van der Waals surface area contributed by atoms with Gasteiger partial charge in [0.15, 0.2) is 0 Å². The molecule has 1 amide bonds. The Bertz CT molecular complexity index is 260. The van der Waals surface area contributed by atoms with Crippen molar-refractivity contribution in [2.75, 3.05) is 20.2 Å². The van der Waals surface area contributed by atoms with Crippen molar-refractivity contribution in [1.82, 2.24) is 4.90 Å². The second-order valence-corrected chi connectivity index (χ2v) is 5.61. The molecule has 0 aromatic rings. The first kappa shape index (κ1) is 14.5. The number of nitrogens with two attached hydrogens (primary N) is 1. The van der Waals surface area contributed by atoms with Gasteiger partial charge < -0.3 is 15.7 Å². The molecule has 0 radical (unpaired) electrons. The molecule has 0 aromatic carbocycles. The molecule has 3 N–H and O–H groups in total. The minimum Gasteiger partial charge on any atom is -0.394 e. The van der Waals surface area contributed by atoms with Crippen LogP contribution in [0.3, 0.4) is 0 Å². The summed E-state index contributed by atoms with van der Waals surface area (Å²) in [5.41, 5.74) is 5.47. The third-order valence-corrected chi connectivity index (χ3v) is 4.32. The molecule has 1 saturated carbocycles. The number of amides is 1. The van der Waals surface area contributed by atoms with E-state index < -0.39 is 0 Å². The van der Waals surface area contributed by atoms with E-state index in [2.05, 4.69) is 6.92 Å². The summed E-state index contributed by atoms with van der Waals surface area (Å²) in [5.74, 6) is 0.802. The van der Waals surface area contributed by atoms with Gasteiger partial charge in [-0.2, -0.15) is 0 Å². The molecular weight excluding hydrogens is 216 g/mol. The number of hydrogen-bond donors (Lipinski definition) is 2. The molecule has 4 nitrogen and oxygen atoms in total. The van der Waals surface area contributed by atoms with Crippen LogP contribution in [0.4, 0.5) is 0 Å². The van der Waals surface area contributed by atoms with Gasteiger partial charge in [0, 0.05) is 13.6 Å². The van der Waals surface area contributed by atoms with Crippen LogP contribution in [0.2, 0.25) is 0 Å². The second-order valence-electron chi connectivity index (χ2n) is 5.61. The van der Waals surface area contributed by atoms with Gasteiger partial charge in [-0.1, -0.05) is 6.92 Å². The molecule has 0 heterocycles. The van der Waals surface area contributed by atoms with Crippen LogP contribution < -0.4 is 5.73 Å². The summed E-state index contributed by atoms with van der Waals surface area (Å²) in [5, 5.41) is 9.13.